The molecular weight excluding hydrogens is 196 g/mol. The molecule has 0 saturated carbocycles. The Balaban J connectivity index is 4.32. The fourth-order valence-corrected chi connectivity index (χ4v) is 0.801. The third-order valence-corrected chi connectivity index (χ3v) is 1.64. The predicted molar refractivity (Wildman–Crippen MR) is 41.7 cm³/mol. The van der Waals surface area contributed by atoms with Crippen LogP contribution < -0.4 is 0 Å². The Morgan fingerprint density at radius 3 is 1.71 bits per heavy atom. The Hall–Kier alpha value is -1.63. The monoisotopic (exact) mass is 206 g/mol. The van der Waals surface area contributed by atoms with Gasteiger partial charge in [0.1, 0.15) is 0 Å². The lowest BCUT2D eigenvalue weighted by Crippen LogP contribution is -2.46. The van der Waals surface area contributed by atoms with E-state index in [1.54, 1.807) is 0 Å². The van der Waals surface area contributed by atoms with Crippen LogP contribution in [0.15, 0.2) is 0 Å². The van der Waals surface area contributed by atoms with Crippen molar-refractivity contribution >= 4 is 17.9 Å². The van der Waals surface area contributed by atoms with Gasteiger partial charge in [-0.25, -0.2) is 9.59 Å². The quantitative estimate of drug-likeness (QED) is 0.415. The normalized spacial score (nSPS) is 10.9. The first-order valence-electron chi connectivity index (χ1n) is 3.71. The van der Waals surface area contributed by atoms with Gasteiger partial charge in [-0.2, -0.15) is 0 Å². The zero-order chi connectivity index (χ0) is 11.4. The first-order chi connectivity index (χ1) is 6.30. The summed E-state index contributed by atoms with van der Waals surface area (Å²) >= 11 is 0. The Morgan fingerprint density at radius 1 is 1.00 bits per heavy atom. The van der Waals surface area contributed by atoms with Crippen LogP contribution in [0.2, 0.25) is 0 Å². The van der Waals surface area contributed by atoms with E-state index in [1.807, 2.05) is 0 Å². The van der Waals surface area contributed by atoms with Gasteiger partial charge in [0.25, 0.3) is 5.60 Å². The van der Waals surface area contributed by atoms with E-state index in [0.29, 0.717) is 0 Å². The van der Waals surface area contributed by atoms with Gasteiger partial charge in [-0.1, -0.05) is 0 Å². The molecule has 0 aromatic rings. The van der Waals surface area contributed by atoms with Gasteiger partial charge in [0.15, 0.2) is 0 Å². The summed E-state index contributed by atoms with van der Waals surface area (Å²) < 4.78 is 0. The number of carboxylic acid groups (broad SMARTS) is 3. The van der Waals surface area contributed by atoms with Crippen molar-refractivity contribution < 1.29 is 34.8 Å². The Kier molecular flexibility index (Phi) is 4.03. The minimum Gasteiger partial charge on any atom is -0.481 e. The summed E-state index contributed by atoms with van der Waals surface area (Å²) in [6.45, 7) is 0. The fourth-order valence-electron chi connectivity index (χ4n) is 0.801. The van der Waals surface area contributed by atoms with Gasteiger partial charge in [0, 0.05) is 6.42 Å². The van der Waals surface area contributed by atoms with Gasteiger partial charge in [0.05, 0.1) is 0 Å². The van der Waals surface area contributed by atoms with E-state index in [-0.39, 0.29) is 12.8 Å². The van der Waals surface area contributed by atoms with Crippen LogP contribution in [0.3, 0.4) is 0 Å². The molecular formula is C7H10O7. The van der Waals surface area contributed by atoms with Crippen molar-refractivity contribution in [3.63, 3.8) is 0 Å². The summed E-state index contributed by atoms with van der Waals surface area (Å²) in [7, 11) is 0. The number of rotatable bonds is 6. The Labute approximate surface area is 78.6 Å². The SMILES string of the molecule is O=C(O)CCCC(O)(C(=O)O)C(=O)O. The Bertz CT molecular complexity index is 243. The second-order valence-corrected chi connectivity index (χ2v) is 2.72. The summed E-state index contributed by atoms with van der Waals surface area (Å²) in [5.74, 6) is -4.96. The molecule has 0 rings (SSSR count). The summed E-state index contributed by atoms with van der Waals surface area (Å²) in [5, 5.41) is 34.1. The van der Waals surface area contributed by atoms with Crippen molar-refractivity contribution in [2.24, 2.45) is 0 Å². The zero-order valence-corrected chi connectivity index (χ0v) is 7.13. The topological polar surface area (TPSA) is 132 Å². The highest BCUT2D eigenvalue weighted by molar-refractivity contribution is 6.01. The predicted octanol–water partition coefficient (Wildman–Crippen LogP) is -0.858. The van der Waals surface area contributed by atoms with Gasteiger partial charge in [0.2, 0.25) is 0 Å². The first-order valence-corrected chi connectivity index (χ1v) is 3.71. The van der Waals surface area contributed by atoms with Gasteiger partial charge in [-0.15, -0.1) is 0 Å². The lowest BCUT2D eigenvalue weighted by molar-refractivity contribution is -0.177. The molecule has 0 aromatic heterocycles. The lowest BCUT2D eigenvalue weighted by atomic mass is 9.97. The highest BCUT2D eigenvalue weighted by atomic mass is 16.4. The molecule has 0 heterocycles. The summed E-state index contributed by atoms with van der Waals surface area (Å²) in [5.41, 5.74) is -2.89. The molecule has 14 heavy (non-hydrogen) atoms. The van der Waals surface area contributed by atoms with E-state index in [9.17, 15) is 14.4 Å². The summed E-state index contributed by atoms with van der Waals surface area (Å²) in [4.78, 5) is 30.8. The van der Waals surface area contributed by atoms with Crippen LogP contribution in [0, 0.1) is 0 Å². The molecule has 0 amide bonds. The van der Waals surface area contributed by atoms with Crippen molar-refractivity contribution in [2.45, 2.75) is 24.9 Å². The number of carboxylic acids is 3. The molecule has 0 saturated heterocycles. The maximum atomic E-state index is 10.4. The molecule has 0 aliphatic carbocycles. The van der Waals surface area contributed by atoms with Gasteiger partial charge in [-0.3, -0.25) is 4.79 Å². The number of hydrogen-bond acceptors (Lipinski definition) is 4. The molecule has 0 fully saturated rings. The Morgan fingerprint density at radius 2 is 1.43 bits per heavy atom. The molecule has 7 heteroatoms. The third kappa shape index (κ3) is 3.02. The van der Waals surface area contributed by atoms with E-state index < -0.39 is 29.9 Å². The summed E-state index contributed by atoms with van der Waals surface area (Å²) in [6.07, 6.45) is -1.24. The number of hydrogen-bond donors (Lipinski definition) is 4. The molecule has 0 aliphatic rings. The van der Waals surface area contributed by atoms with E-state index >= 15 is 0 Å². The van der Waals surface area contributed by atoms with Gasteiger partial charge in [-0.05, 0) is 12.8 Å². The van der Waals surface area contributed by atoms with Crippen LogP contribution >= 0.6 is 0 Å². The average molecular weight is 206 g/mol. The molecule has 0 spiro atoms. The van der Waals surface area contributed by atoms with E-state index in [0.717, 1.165) is 0 Å². The first kappa shape index (κ1) is 12.4. The fraction of sp³-hybridized carbons (Fsp3) is 0.571. The van der Waals surface area contributed by atoms with Crippen molar-refractivity contribution in [1.82, 2.24) is 0 Å². The van der Waals surface area contributed by atoms with Crippen LogP contribution in [0.25, 0.3) is 0 Å². The van der Waals surface area contributed by atoms with E-state index in [2.05, 4.69) is 0 Å². The average Bonchev–Trinajstić information content (AvgIpc) is 2.02. The molecule has 0 unspecified atom stereocenters. The maximum absolute atomic E-state index is 10.4. The molecule has 0 atom stereocenters. The zero-order valence-electron chi connectivity index (χ0n) is 7.13. The third-order valence-electron chi connectivity index (χ3n) is 1.64. The molecule has 0 radical (unpaired) electrons. The van der Waals surface area contributed by atoms with Crippen LogP contribution in [0.5, 0.6) is 0 Å². The minimum atomic E-state index is -2.89. The smallest absolute Gasteiger partial charge is 0.347 e. The lowest BCUT2D eigenvalue weighted by Gasteiger charge is -2.17. The van der Waals surface area contributed by atoms with Crippen LogP contribution in [0.1, 0.15) is 19.3 Å². The molecule has 4 N–H and O–H groups in total. The number of aliphatic carboxylic acids is 3. The van der Waals surface area contributed by atoms with Crippen molar-refractivity contribution in [3.8, 4) is 0 Å². The number of carbonyl (C=O) groups is 3. The van der Waals surface area contributed by atoms with Crippen LogP contribution in [0.4, 0.5) is 0 Å². The largest absolute Gasteiger partial charge is 0.481 e. The van der Waals surface area contributed by atoms with Gasteiger partial charge < -0.3 is 20.4 Å². The second kappa shape index (κ2) is 4.56. The maximum Gasteiger partial charge on any atom is 0.347 e. The highest BCUT2D eigenvalue weighted by Crippen LogP contribution is 2.15. The molecule has 0 aromatic carbocycles. The van der Waals surface area contributed by atoms with Gasteiger partial charge >= 0.3 is 17.9 Å². The van der Waals surface area contributed by atoms with E-state index in [1.165, 1.54) is 0 Å². The number of aliphatic hydroxyl groups is 1. The second-order valence-electron chi connectivity index (χ2n) is 2.72. The molecule has 0 aliphatic heterocycles. The van der Waals surface area contributed by atoms with Crippen molar-refractivity contribution in [3.05, 3.63) is 0 Å². The van der Waals surface area contributed by atoms with Crippen LogP contribution in [-0.2, 0) is 14.4 Å². The van der Waals surface area contributed by atoms with E-state index in [4.69, 9.17) is 20.4 Å². The van der Waals surface area contributed by atoms with Crippen molar-refractivity contribution in [2.75, 3.05) is 0 Å². The highest BCUT2D eigenvalue weighted by Gasteiger charge is 2.43. The molecule has 0 bridgehead atoms. The minimum absolute atomic E-state index is 0.218. The van der Waals surface area contributed by atoms with Crippen molar-refractivity contribution in [1.29, 1.82) is 0 Å². The standard InChI is InChI=1S/C7H10O7/c8-4(9)2-1-3-7(14,5(10)11)6(12)13/h14H,1-3H2,(H,8,9)(H,10,11)(H,12,13). The summed E-state index contributed by atoms with van der Waals surface area (Å²) in [6, 6.07) is 0. The van der Waals surface area contributed by atoms with Crippen LogP contribution in [-0.4, -0.2) is 43.9 Å². The molecule has 80 valence electrons. The molecule has 7 nitrogen and oxygen atoms in total.